The monoisotopic (exact) mass is 218 g/mol. The van der Waals surface area contributed by atoms with Crippen LogP contribution in [0.5, 0.6) is 0 Å². The third kappa shape index (κ3) is 1.88. The van der Waals surface area contributed by atoms with E-state index in [-0.39, 0.29) is 0 Å². The van der Waals surface area contributed by atoms with Crippen molar-refractivity contribution >= 4 is 35.1 Å². The number of hydrogen-bond donors (Lipinski definition) is 2. The summed E-state index contributed by atoms with van der Waals surface area (Å²) in [6.45, 7) is 0. The Morgan fingerprint density at radius 1 is 1.07 bits per heavy atom. The normalized spacial score (nSPS) is 10.6. The van der Waals surface area contributed by atoms with Gasteiger partial charge in [-0.05, 0) is 23.1 Å². The Kier molecular flexibility index (Phi) is 3.00. The van der Waals surface area contributed by atoms with Gasteiger partial charge in [-0.15, -0.1) is 11.8 Å². The van der Waals surface area contributed by atoms with E-state index in [2.05, 4.69) is 0 Å². The largest absolute Gasteiger partial charge is 0.490 e. The van der Waals surface area contributed by atoms with Crippen molar-refractivity contribution in [2.45, 2.75) is 4.90 Å². The fraction of sp³-hybridized carbons (Fsp3) is 0.0909. The van der Waals surface area contributed by atoms with Gasteiger partial charge in [0.15, 0.2) is 0 Å². The van der Waals surface area contributed by atoms with Crippen LogP contribution in [0.2, 0.25) is 0 Å². The van der Waals surface area contributed by atoms with E-state index in [0.29, 0.717) is 5.46 Å². The van der Waals surface area contributed by atoms with Gasteiger partial charge in [0.2, 0.25) is 0 Å². The molecule has 76 valence electrons. The molecular formula is C11H11BO2S. The van der Waals surface area contributed by atoms with Gasteiger partial charge in [0, 0.05) is 10.4 Å². The van der Waals surface area contributed by atoms with Gasteiger partial charge in [0.1, 0.15) is 0 Å². The SMILES string of the molecule is CSc1ccc2ccccc2c1B(O)O. The van der Waals surface area contributed by atoms with Crippen LogP contribution in [0.4, 0.5) is 0 Å². The van der Waals surface area contributed by atoms with E-state index in [1.54, 1.807) is 0 Å². The van der Waals surface area contributed by atoms with Crippen LogP contribution in [0, 0.1) is 0 Å². The van der Waals surface area contributed by atoms with Gasteiger partial charge in [-0.25, -0.2) is 0 Å². The zero-order valence-corrected chi connectivity index (χ0v) is 9.16. The Balaban J connectivity index is 2.79. The summed E-state index contributed by atoms with van der Waals surface area (Å²) in [7, 11) is -1.42. The average molecular weight is 218 g/mol. The van der Waals surface area contributed by atoms with Crippen molar-refractivity contribution in [1.82, 2.24) is 0 Å². The summed E-state index contributed by atoms with van der Waals surface area (Å²) in [4.78, 5) is 0.906. The summed E-state index contributed by atoms with van der Waals surface area (Å²) in [6.07, 6.45) is 1.93. The first-order valence-corrected chi connectivity index (χ1v) is 5.88. The number of thioether (sulfide) groups is 1. The van der Waals surface area contributed by atoms with Crippen molar-refractivity contribution in [3.05, 3.63) is 36.4 Å². The average Bonchev–Trinajstić information content (AvgIpc) is 2.27. The van der Waals surface area contributed by atoms with E-state index in [1.165, 1.54) is 11.8 Å². The van der Waals surface area contributed by atoms with Crippen molar-refractivity contribution in [2.75, 3.05) is 6.26 Å². The van der Waals surface area contributed by atoms with Crippen LogP contribution in [0.15, 0.2) is 41.3 Å². The summed E-state index contributed by atoms with van der Waals surface area (Å²) in [6, 6.07) is 11.6. The maximum Gasteiger partial charge on any atom is 0.490 e. The van der Waals surface area contributed by atoms with Gasteiger partial charge in [-0.2, -0.15) is 0 Å². The Hall–Kier alpha value is -0.965. The first-order chi connectivity index (χ1) is 7.24. The molecule has 4 heteroatoms. The van der Waals surface area contributed by atoms with E-state index < -0.39 is 7.12 Å². The van der Waals surface area contributed by atoms with Gasteiger partial charge in [0.05, 0.1) is 0 Å². The summed E-state index contributed by atoms with van der Waals surface area (Å²) in [5.41, 5.74) is 0.598. The summed E-state index contributed by atoms with van der Waals surface area (Å²) in [5, 5.41) is 20.7. The van der Waals surface area contributed by atoms with Crippen molar-refractivity contribution in [1.29, 1.82) is 0 Å². The molecule has 0 saturated carbocycles. The first-order valence-electron chi connectivity index (χ1n) is 4.66. The van der Waals surface area contributed by atoms with Gasteiger partial charge in [0.25, 0.3) is 0 Å². The maximum absolute atomic E-state index is 9.38. The molecule has 0 radical (unpaired) electrons. The maximum atomic E-state index is 9.38. The Bertz CT molecular complexity index is 485. The minimum atomic E-state index is -1.42. The highest BCUT2D eigenvalue weighted by atomic mass is 32.2. The van der Waals surface area contributed by atoms with Crippen LogP contribution in [-0.4, -0.2) is 23.4 Å². The molecule has 0 fully saturated rings. The van der Waals surface area contributed by atoms with Crippen LogP contribution in [-0.2, 0) is 0 Å². The molecule has 0 aliphatic heterocycles. The highest BCUT2D eigenvalue weighted by Gasteiger charge is 2.18. The molecule has 0 aromatic heterocycles. The molecule has 15 heavy (non-hydrogen) atoms. The standard InChI is InChI=1S/C11H11BO2S/c1-15-10-7-6-8-4-2-3-5-9(8)11(10)12(13)14/h2-7,13-14H,1H3. The zero-order chi connectivity index (χ0) is 10.8. The van der Waals surface area contributed by atoms with E-state index in [9.17, 15) is 10.0 Å². The third-order valence-electron chi connectivity index (χ3n) is 2.41. The van der Waals surface area contributed by atoms with E-state index in [1.807, 2.05) is 42.7 Å². The van der Waals surface area contributed by atoms with Crippen LogP contribution in [0.1, 0.15) is 0 Å². The topological polar surface area (TPSA) is 40.5 Å². The zero-order valence-electron chi connectivity index (χ0n) is 8.34. The van der Waals surface area contributed by atoms with Gasteiger partial charge in [-0.3, -0.25) is 0 Å². The molecule has 2 nitrogen and oxygen atoms in total. The molecule has 2 aromatic rings. The second-order valence-electron chi connectivity index (χ2n) is 3.28. The molecule has 0 heterocycles. The highest BCUT2D eigenvalue weighted by molar-refractivity contribution is 7.98. The minimum Gasteiger partial charge on any atom is -0.423 e. The molecule has 0 amide bonds. The molecule has 0 bridgehead atoms. The lowest BCUT2D eigenvalue weighted by atomic mass is 9.77. The molecule has 2 rings (SSSR count). The second-order valence-corrected chi connectivity index (χ2v) is 4.12. The van der Waals surface area contributed by atoms with Crippen LogP contribution < -0.4 is 5.46 Å². The molecule has 0 atom stereocenters. The summed E-state index contributed by atoms with van der Waals surface area (Å²) < 4.78 is 0. The van der Waals surface area contributed by atoms with E-state index in [0.717, 1.165) is 15.7 Å². The molecule has 2 aromatic carbocycles. The van der Waals surface area contributed by atoms with E-state index >= 15 is 0 Å². The summed E-state index contributed by atoms with van der Waals surface area (Å²) >= 11 is 1.52. The first kappa shape index (κ1) is 10.5. The molecule has 0 spiro atoms. The number of hydrogen-bond acceptors (Lipinski definition) is 3. The molecule has 0 aliphatic carbocycles. The fourth-order valence-electron chi connectivity index (χ4n) is 1.72. The number of fused-ring (bicyclic) bond motifs is 1. The quantitative estimate of drug-likeness (QED) is 0.588. The molecule has 0 unspecified atom stereocenters. The van der Waals surface area contributed by atoms with Crippen molar-refractivity contribution < 1.29 is 10.0 Å². The molecule has 2 N–H and O–H groups in total. The van der Waals surface area contributed by atoms with Gasteiger partial charge in [-0.1, -0.05) is 30.3 Å². The van der Waals surface area contributed by atoms with E-state index in [4.69, 9.17) is 0 Å². The lowest BCUT2D eigenvalue weighted by molar-refractivity contribution is 0.425. The lowest BCUT2D eigenvalue weighted by Gasteiger charge is -2.10. The van der Waals surface area contributed by atoms with Crippen LogP contribution >= 0.6 is 11.8 Å². The number of benzene rings is 2. The van der Waals surface area contributed by atoms with Crippen molar-refractivity contribution in [3.8, 4) is 0 Å². The Morgan fingerprint density at radius 2 is 1.80 bits per heavy atom. The van der Waals surface area contributed by atoms with Gasteiger partial charge >= 0.3 is 7.12 Å². The van der Waals surface area contributed by atoms with Crippen LogP contribution in [0.3, 0.4) is 0 Å². The van der Waals surface area contributed by atoms with Crippen LogP contribution in [0.25, 0.3) is 10.8 Å². The predicted molar refractivity (Wildman–Crippen MR) is 65.6 cm³/mol. The molecule has 0 aliphatic rings. The van der Waals surface area contributed by atoms with Gasteiger partial charge < -0.3 is 10.0 Å². The van der Waals surface area contributed by atoms with Crippen molar-refractivity contribution in [3.63, 3.8) is 0 Å². The third-order valence-corrected chi connectivity index (χ3v) is 3.20. The predicted octanol–water partition coefficient (Wildman–Crippen LogP) is 1.24. The fourth-order valence-corrected chi connectivity index (χ4v) is 2.36. The molecule has 0 saturated heterocycles. The second kappa shape index (κ2) is 4.27. The Labute approximate surface area is 93.1 Å². The smallest absolute Gasteiger partial charge is 0.423 e. The minimum absolute atomic E-state index is 0.598. The summed E-state index contributed by atoms with van der Waals surface area (Å²) in [5.74, 6) is 0. The highest BCUT2D eigenvalue weighted by Crippen LogP contribution is 2.19. The van der Waals surface area contributed by atoms with Crippen molar-refractivity contribution in [2.24, 2.45) is 0 Å². The molecular weight excluding hydrogens is 207 g/mol. The Morgan fingerprint density at radius 3 is 2.47 bits per heavy atom. The lowest BCUT2D eigenvalue weighted by Crippen LogP contribution is -2.32. The number of rotatable bonds is 2.